The first-order valence-electron chi connectivity index (χ1n) is 6.85. The number of ether oxygens (including phenoxy) is 1. The van der Waals surface area contributed by atoms with E-state index in [4.69, 9.17) is 9.84 Å². The third-order valence-electron chi connectivity index (χ3n) is 4.86. The Balaban J connectivity index is 2.04. The van der Waals surface area contributed by atoms with E-state index in [0.717, 1.165) is 6.42 Å². The molecule has 108 valence electrons. The SMILES string of the molecule is COC1CN(C(=O)C2C(C(=O)O)C2(C)C)CCC1C. The lowest BCUT2D eigenvalue weighted by atomic mass is 9.95. The van der Waals surface area contributed by atoms with Crippen LogP contribution >= 0.6 is 0 Å². The van der Waals surface area contributed by atoms with Gasteiger partial charge in [0, 0.05) is 20.2 Å². The molecule has 0 aromatic heterocycles. The maximum Gasteiger partial charge on any atom is 0.307 e. The van der Waals surface area contributed by atoms with Crippen molar-refractivity contribution in [2.24, 2.45) is 23.2 Å². The van der Waals surface area contributed by atoms with E-state index in [1.807, 2.05) is 13.8 Å². The number of piperidine rings is 1. The highest BCUT2D eigenvalue weighted by atomic mass is 16.5. The van der Waals surface area contributed by atoms with E-state index in [2.05, 4.69) is 6.92 Å². The number of rotatable bonds is 3. The van der Waals surface area contributed by atoms with E-state index in [9.17, 15) is 9.59 Å². The molecule has 1 aliphatic carbocycles. The monoisotopic (exact) mass is 269 g/mol. The van der Waals surface area contributed by atoms with Crippen molar-refractivity contribution in [1.29, 1.82) is 0 Å². The fourth-order valence-electron chi connectivity index (χ4n) is 3.30. The lowest BCUT2D eigenvalue weighted by Crippen LogP contribution is -2.47. The fourth-order valence-corrected chi connectivity index (χ4v) is 3.30. The molecule has 2 aliphatic rings. The average Bonchev–Trinajstić information content (AvgIpc) is 2.92. The number of hydrogen-bond acceptors (Lipinski definition) is 3. The molecule has 5 heteroatoms. The normalized spacial score (nSPS) is 36.9. The Morgan fingerprint density at radius 2 is 1.95 bits per heavy atom. The first-order chi connectivity index (χ1) is 8.80. The molecule has 1 heterocycles. The summed E-state index contributed by atoms with van der Waals surface area (Å²) in [6.07, 6.45) is 0.970. The molecule has 0 radical (unpaired) electrons. The van der Waals surface area contributed by atoms with Gasteiger partial charge in [0.15, 0.2) is 0 Å². The van der Waals surface area contributed by atoms with E-state index < -0.39 is 17.3 Å². The molecule has 1 saturated heterocycles. The number of methoxy groups -OCH3 is 1. The number of aliphatic carboxylic acids is 1. The van der Waals surface area contributed by atoms with Gasteiger partial charge in [-0.25, -0.2) is 0 Å². The zero-order chi connectivity index (χ0) is 14.4. The van der Waals surface area contributed by atoms with Crippen LogP contribution in [-0.4, -0.2) is 48.2 Å². The number of carbonyl (C=O) groups is 2. The molecule has 1 aliphatic heterocycles. The Morgan fingerprint density at radius 3 is 2.42 bits per heavy atom. The molecule has 5 nitrogen and oxygen atoms in total. The topological polar surface area (TPSA) is 66.8 Å². The molecular weight excluding hydrogens is 246 g/mol. The fraction of sp³-hybridized carbons (Fsp3) is 0.857. The summed E-state index contributed by atoms with van der Waals surface area (Å²) in [7, 11) is 1.66. The predicted molar refractivity (Wildman–Crippen MR) is 69.6 cm³/mol. The highest BCUT2D eigenvalue weighted by Gasteiger charge is 2.66. The molecule has 1 saturated carbocycles. The quantitative estimate of drug-likeness (QED) is 0.836. The number of carboxylic acid groups (broad SMARTS) is 1. The van der Waals surface area contributed by atoms with Crippen molar-refractivity contribution < 1.29 is 19.4 Å². The zero-order valence-corrected chi connectivity index (χ0v) is 12.0. The van der Waals surface area contributed by atoms with Crippen molar-refractivity contribution in [3.8, 4) is 0 Å². The molecule has 0 spiro atoms. The summed E-state index contributed by atoms with van der Waals surface area (Å²) in [5.41, 5.74) is -0.422. The van der Waals surface area contributed by atoms with Crippen LogP contribution in [0.15, 0.2) is 0 Å². The Morgan fingerprint density at radius 1 is 1.32 bits per heavy atom. The second-order valence-electron chi connectivity index (χ2n) is 6.44. The van der Waals surface area contributed by atoms with Gasteiger partial charge in [0.1, 0.15) is 0 Å². The largest absolute Gasteiger partial charge is 0.481 e. The molecule has 1 amide bonds. The van der Waals surface area contributed by atoms with Crippen LogP contribution in [0.2, 0.25) is 0 Å². The van der Waals surface area contributed by atoms with Gasteiger partial charge >= 0.3 is 5.97 Å². The lowest BCUT2D eigenvalue weighted by Gasteiger charge is -2.36. The van der Waals surface area contributed by atoms with Gasteiger partial charge in [0.2, 0.25) is 5.91 Å². The van der Waals surface area contributed by atoms with Crippen molar-refractivity contribution >= 4 is 11.9 Å². The van der Waals surface area contributed by atoms with Crippen LogP contribution in [0.5, 0.6) is 0 Å². The first-order valence-corrected chi connectivity index (χ1v) is 6.85. The molecule has 1 N–H and O–H groups in total. The van der Waals surface area contributed by atoms with Gasteiger partial charge in [0.25, 0.3) is 0 Å². The van der Waals surface area contributed by atoms with Gasteiger partial charge in [-0.2, -0.15) is 0 Å². The minimum absolute atomic E-state index is 0.0219. The lowest BCUT2D eigenvalue weighted by molar-refractivity contribution is -0.143. The van der Waals surface area contributed by atoms with E-state index >= 15 is 0 Å². The van der Waals surface area contributed by atoms with Gasteiger partial charge in [-0.05, 0) is 17.8 Å². The summed E-state index contributed by atoms with van der Waals surface area (Å²) in [4.78, 5) is 25.4. The maximum absolute atomic E-state index is 12.5. The standard InChI is InChI=1S/C14H23NO4/c1-8-5-6-15(7-9(8)19-4)12(16)10-11(13(17)18)14(10,2)3/h8-11H,5-7H2,1-4H3,(H,17,18). The number of carbonyl (C=O) groups excluding carboxylic acids is 1. The average molecular weight is 269 g/mol. The minimum atomic E-state index is -0.864. The van der Waals surface area contributed by atoms with Crippen LogP contribution in [0.4, 0.5) is 0 Å². The van der Waals surface area contributed by atoms with Crippen molar-refractivity contribution in [2.75, 3.05) is 20.2 Å². The number of amides is 1. The molecule has 4 unspecified atom stereocenters. The zero-order valence-electron chi connectivity index (χ0n) is 12.0. The molecule has 2 fully saturated rings. The van der Waals surface area contributed by atoms with Gasteiger partial charge in [-0.15, -0.1) is 0 Å². The van der Waals surface area contributed by atoms with E-state index in [1.54, 1.807) is 12.0 Å². The van der Waals surface area contributed by atoms with Crippen LogP contribution in [0, 0.1) is 23.2 Å². The highest BCUT2D eigenvalue weighted by Crippen LogP contribution is 2.59. The summed E-state index contributed by atoms with van der Waals surface area (Å²) in [5, 5.41) is 9.15. The number of carboxylic acids is 1. The second kappa shape index (κ2) is 4.78. The predicted octanol–water partition coefficient (Wildman–Crippen LogP) is 1.23. The molecule has 19 heavy (non-hydrogen) atoms. The number of likely N-dealkylation sites (tertiary alicyclic amines) is 1. The van der Waals surface area contributed by atoms with Crippen LogP contribution in [-0.2, 0) is 14.3 Å². The first kappa shape index (κ1) is 14.3. The Hall–Kier alpha value is -1.10. The summed E-state index contributed by atoms with van der Waals surface area (Å²) >= 11 is 0. The van der Waals surface area contributed by atoms with Crippen molar-refractivity contribution in [3.05, 3.63) is 0 Å². The molecule has 4 atom stereocenters. The Kier molecular flexibility index (Phi) is 3.60. The highest BCUT2D eigenvalue weighted by molar-refractivity contribution is 5.91. The van der Waals surface area contributed by atoms with E-state index in [0.29, 0.717) is 19.0 Å². The van der Waals surface area contributed by atoms with Crippen molar-refractivity contribution in [2.45, 2.75) is 33.3 Å². The van der Waals surface area contributed by atoms with E-state index in [-0.39, 0.29) is 17.9 Å². The van der Waals surface area contributed by atoms with Crippen LogP contribution in [0.3, 0.4) is 0 Å². The van der Waals surface area contributed by atoms with Gasteiger partial charge < -0.3 is 14.7 Å². The third-order valence-corrected chi connectivity index (χ3v) is 4.86. The summed E-state index contributed by atoms with van der Waals surface area (Å²) in [6.45, 7) is 7.12. The molecule has 0 aromatic rings. The van der Waals surface area contributed by atoms with Gasteiger partial charge in [-0.1, -0.05) is 20.8 Å². The second-order valence-corrected chi connectivity index (χ2v) is 6.44. The van der Waals surface area contributed by atoms with Gasteiger partial charge in [-0.3, -0.25) is 9.59 Å². The number of hydrogen-bond donors (Lipinski definition) is 1. The van der Waals surface area contributed by atoms with Crippen LogP contribution < -0.4 is 0 Å². The third kappa shape index (κ3) is 2.36. The maximum atomic E-state index is 12.5. The number of nitrogens with zero attached hydrogens (tertiary/aromatic N) is 1. The summed E-state index contributed by atoms with van der Waals surface area (Å²) in [6, 6.07) is 0. The molecule has 2 rings (SSSR count). The minimum Gasteiger partial charge on any atom is -0.481 e. The Labute approximate surface area is 113 Å². The molecule has 0 aromatic carbocycles. The van der Waals surface area contributed by atoms with Gasteiger partial charge in [0.05, 0.1) is 17.9 Å². The van der Waals surface area contributed by atoms with Crippen LogP contribution in [0.25, 0.3) is 0 Å². The van der Waals surface area contributed by atoms with Crippen LogP contribution in [0.1, 0.15) is 27.2 Å². The van der Waals surface area contributed by atoms with Crippen molar-refractivity contribution in [3.63, 3.8) is 0 Å². The Bertz CT molecular complexity index is 393. The summed E-state index contributed by atoms with van der Waals surface area (Å²) in [5.74, 6) is -1.36. The molecule has 0 bridgehead atoms. The van der Waals surface area contributed by atoms with E-state index in [1.165, 1.54) is 0 Å². The smallest absolute Gasteiger partial charge is 0.307 e. The van der Waals surface area contributed by atoms with Crippen molar-refractivity contribution in [1.82, 2.24) is 4.90 Å². The molecular formula is C14H23NO4. The summed E-state index contributed by atoms with van der Waals surface area (Å²) < 4.78 is 5.40.